The average Bonchev–Trinajstić information content (AvgIpc) is 2.56. The minimum Gasteiger partial charge on any atom is -0.244 e. The lowest BCUT2D eigenvalue weighted by atomic mass is 10.4. The first-order valence-corrected chi connectivity index (χ1v) is 3.76. The fraction of sp³-hybridized carbons (Fsp3) is 0. The van der Waals surface area contributed by atoms with Gasteiger partial charge in [0.15, 0.2) is 5.69 Å². The molecule has 0 amide bonds. The number of pyridine rings is 1. The van der Waals surface area contributed by atoms with Crippen molar-refractivity contribution in [2.45, 2.75) is 0 Å². The third kappa shape index (κ3) is 1.29. The van der Waals surface area contributed by atoms with Gasteiger partial charge in [0.05, 0.1) is 0 Å². The van der Waals surface area contributed by atoms with Crippen molar-refractivity contribution in [1.82, 2.24) is 15.1 Å². The summed E-state index contributed by atoms with van der Waals surface area (Å²) in [5, 5.41) is 3.37. The predicted molar refractivity (Wildman–Crippen MR) is 42.9 cm³/mol. The molecular formula is C7H6ClN4+. The zero-order valence-electron chi connectivity index (χ0n) is 6.11. The first kappa shape index (κ1) is 7.24. The van der Waals surface area contributed by atoms with Crippen LogP contribution in [0.3, 0.4) is 0 Å². The van der Waals surface area contributed by atoms with E-state index in [1.54, 1.807) is 29.6 Å². The van der Waals surface area contributed by atoms with E-state index < -0.39 is 0 Å². The monoisotopic (exact) mass is 181 g/mol. The topological polar surface area (TPSA) is 45.5 Å². The van der Waals surface area contributed by atoms with Gasteiger partial charge in [-0.05, 0) is 4.98 Å². The summed E-state index contributed by atoms with van der Waals surface area (Å²) < 4.78 is 1.74. The molecule has 2 rings (SSSR count). The first-order valence-electron chi connectivity index (χ1n) is 3.38. The van der Waals surface area contributed by atoms with Crippen molar-refractivity contribution in [3.05, 3.63) is 36.1 Å². The summed E-state index contributed by atoms with van der Waals surface area (Å²) in [5.74, 6) is 0. The summed E-state index contributed by atoms with van der Waals surface area (Å²) >= 11 is 5.70. The van der Waals surface area contributed by atoms with E-state index in [4.69, 9.17) is 11.6 Å². The number of halogens is 1. The van der Waals surface area contributed by atoms with Crippen LogP contribution in [0.25, 0.3) is 5.69 Å². The SMILES string of the molecule is Clc1cc(-[n+]2cnc[nH]2)ccn1. The molecule has 0 saturated heterocycles. The summed E-state index contributed by atoms with van der Waals surface area (Å²) in [6.07, 6.45) is 4.89. The Morgan fingerprint density at radius 2 is 2.42 bits per heavy atom. The second kappa shape index (κ2) is 2.91. The van der Waals surface area contributed by atoms with Crippen molar-refractivity contribution < 1.29 is 4.68 Å². The fourth-order valence-corrected chi connectivity index (χ4v) is 1.08. The molecular weight excluding hydrogens is 176 g/mol. The number of aromatic amines is 1. The van der Waals surface area contributed by atoms with Crippen LogP contribution >= 0.6 is 11.6 Å². The second-order valence-electron chi connectivity index (χ2n) is 2.23. The van der Waals surface area contributed by atoms with Gasteiger partial charge in [-0.25, -0.2) is 4.98 Å². The van der Waals surface area contributed by atoms with Gasteiger partial charge in [0.2, 0.25) is 6.33 Å². The predicted octanol–water partition coefficient (Wildman–Crippen LogP) is 0.735. The van der Waals surface area contributed by atoms with Crippen molar-refractivity contribution in [3.8, 4) is 5.69 Å². The van der Waals surface area contributed by atoms with E-state index in [1.807, 2.05) is 6.07 Å². The molecule has 0 atom stereocenters. The fourth-order valence-electron chi connectivity index (χ4n) is 0.912. The standard InChI is InChI=1S/C7H5ClN4/c8-7-3-6(1-2-10-7)12-5-9-4-11-12/h1-5H/p+1. The molecule has 0 radical (unpaired) electrons. The molecule has 0 aliphatic heterocycles. The van der Waals surface area contributed by atoms with E-state index in [-0.39, 0.29) is 0 Å². The Balaban J connectivity index is 2.48. The van der Waals surface area contributed by atoms with Crippen LogP contribution in [0.15, 0.2) is 31.0 Å². The maximum atomic E-state index is 5.70. The van der Waals surface area contributed by atoms with Crippen molar-refractivity contribution >= 4 is 11.6 Å². The van der Waals surface area contributed by atoms with Crippen molar-refractivity contribution in [1.29, 1.82) is 0 Å². The molecule has 4 nitrogen and oxygen atoms in total. The van der Waals surface area contributed by atoms with Crippen LogP contribution in [0.2, 0.25) is 5.15 Å². The molecule has 0 unspecified atom stereocenters. The highest BCUT2D eigenvalue weighted by Crippen LogP contribution is 2.05. The molecule has 2 heterocycles. The van der Waals surface area contributed by atoms with Crippen LogP contribution in [-0.4, -0.2) is 15.1 Å². The van der Waals surface area contributed by atoms with Crippen molar-refractivity contribution in [2.24, 2.45) is 0 Å². The maximum Gasteiger partial charge on any atom is 0.312 e. The number of rotatable bonds is 1. The summed E-state index contributed by atoms with van der Waals surface area (Å²) in [5.41, 5.74) is 0.910. The van der Waals surface area contributed by atoms with Gasteiger partial charge in [-0.1, -0.05) is 11.6 Å². The molecule has 2 aromatic rings. The lowest BCUT2D eigenvalue weighted by Crippen LogP contribution is -2.31. The number of hydrogen-bond donors (Lipinski definition) is 1. The molecule has 12 heavy (non-hydrogen) atoms. The molecule has 1 N–H and O–H groups in total. The molecule has 5 heteroatoms. The Morgan fingerprint density at radius 1 is 1.50 bits per heavy atom. The van der Waals surface area contributed by atoms with E-state index in [9.17, 15) is 0 Å². The minimum absolute atomic E-state index is 0.467. The zero-order chi connectivity index (χ0) is 8.39. The number of aromatic nitrogens is 4. The normalized spacial score (nSPS) is 10.1. The highest BCUT2D eigenvalue weighted by molar-refractivity contribution is 6.29. The van der Waals surface area contributed by atoms with Gasteiger partial charge in [-0.2, -0.15) is 5.10 Å². The van der Waals surface area contributed by atoms with Crippen molar-refractivity contribution in [3.63, 3.8) is 0 Å². The van der Waals surface area contributed by atoms with Crippen molar-refractivity contribution in [2.75, 3.05) is 0 Å². The number of nitrogens with one attached hydrogen (secondary N) is 1. The molecule has 0 spiro atoms. The Hall–Kier alpha value is -1.42. The molecule has 0 aromatic carbocycles. The van der Waals surface area contributed by atoms with E-state index in [0.29, 0.717) is 5.15 Å². The molecule has 0 bridgehead atoms. The summed E-state index contributed by atoms with van der Waals surface area (Å²) in [6.45, 7) is 0. The number of hydrogen-bond acceptors (Lipinski definition) is 2. The van der Waals surface area contributed by atoms with Crippen LogP contribution < -0.4 is 4.68 Å². The highest BCUT2D eigenvalue weighted by atomic mass is 35.5. The van der Waals surface area contributed by atoms with Crippen LogP contribution in [-0.2, 0) is 0 Å². The number of nitrogens with zero attached hydrogens (tertiary/aromatic N) is 3. The van der Waals surface area contributed by atoms with E-state index in [2.05, 4.69) is 15.1 Å². The van der Waals surface area contributed by atoms with E-state index in [0.717, 1.165) is 5.69 Å². The third-order valence-electron chi connectivity index (χ3n) is 1.44. The second-order valence-corrected chi connectivity index (χ2v) is 2.62. The molecule has 0 aliphatic carbocycles. The molecule has 0 fully saturated rings. The third-order valence-corrected chi connectivity index (χ3v) is 1.65. The summed E-state index contributed by atoms with van der Waals surface area (Å²) in [6, 6.07) is 3.59. The Kier molecular flexibility index (Phi) is 1.75. The quantitative estimate of drug-likeness (QED) is 0.521. The van der Waals surface area contributed by atoms with Crippen LogP contribution in [0, 0.1) is 0 Å². The summed E-state index contributed by atoms with van der Waals surface area (Å²) in [4.78, 5) is 7.74. The molecule has 2 aromatic heterocycles. The lowest BCUT2D eigenvalue weighted by molar-refractivity contribution is -0.656. The van der Waals surface area contributed by atoms with Gasteiger partial charge in [0, 0.05) is 18.3 Å². The van der Waals surface area contributed by atoms with Gasteiger partial charge < -0.3 is 0 Å². The Bertz CT molecular complexity index is 371. The van der Waals surface area contributed by atoms with Crippen LogP contribution in [0.1, 0.15) is 0 Å². The Labute approximate surface area is 73.8 Å². The largest absolute Gasteiger partial charge is 0.312 e. The van der Waals surface area contributed by atoms with Gasteiger partial charge in [-0.3, -0.25) is 0 Å². The van der Waals surface area contributed by atoms with Gasteiger partial charge in [0.25, 0.3) is 0 Å². The first-order chi connectivity index (χ1) is 5.86. The number of H-pyrrole nitrogens is 1. The zero-order valence-corrected chi connectivity index (χ0v) is 6.86. The van der Waals surface area contributed by atoms with Crippen LogP contribution in [0.5, 0.6) is 0 Å². The molecule has 60 valence electrons. The summed E-state index contributed by atoms with van der Waals surface area (Å²) in [7, 11) is 0. The smallest absolute Gasteiger partial charge is 0.244 e. The molecule has 0 saturated carbocycles. The van der Waals surface area contributed by atoms with Gasteiger partial charge in [-0.15, -0.1) is 4.68 Å². The molecule has 0 aliphatic rings. The van der Waals surface area contributed by atoms with Crippen LogP contribution in [0.4, 0.5) is 0 Å². The highest BCUT2D eigenvalue weighted by Gasteiger charge is 2.03. The minimum atomic E-state index is 0.467. The Morgan fingerprint density at radius 3 is 3.08 bits per heavy atom. The lowest BCUT2D eigenvalue weighted by Gasteiger charge is -1.92. The van der Waals surface area contributed by atoms with E-state index in [1.165, 1.54) is 0 Å². The van der Waals surface area contributed by atoms with E-state index >= 15 is 0 Å². The van der Waals surface area contributed by atoms with Gasteiger partial charge in [0.1, 0.15) is 5.15 Å². The van der Waals surface area contributed by atoms with Gasteiger partial charge >= 0.3 is 6.33 Å². The average molecular weight is 182 g/mol. The maximum absolute atomic E-state index is 5.70.